The van der Waals surface area contributed by atoms with Crippen molar-refractivity contribution >= 4 is 11.6 Å². The standard InChI is InChI=1S/C19H23N5O2/c1-14-10-15(2)24-18(21-14)17(11-20-24)12-22-5-3-6-23(8-7-22)19(25)16-4-9-26-13-16/h4,9-11,13H,3,5-8,12H2,1-2H3. The van der Waals surface area contributed by atoms with Gasteiger partial charge in [-0.1, -0.05) is 0 Å². The number of carbonyl (C=O) groups excluding carboxylic acids is 1. The van der Waals surface area contributed by atoms with Gasteiger partial charge in [0, 0.05) is 49.7 Å². The van der Waals surface area contributed by atoms with Crippen molar-refractivity contribution in [2.75, 3.05) is 26.2 Å². The monoisotopic (exact) mass is 353 g/mol. The highest BCUT2D eigenvalue weighted by Gasteiger charge is 2.22. The molecule has 0 bridgehead atoms. The Bertz CT molecular complexity index is 916. The summed E-state index contributed by atoms with van der Waals surface area (Å²) in [6.07, 6.45) is 5.92. The molecular weight excluding hydrogens is 330 g/mol. The maximum Gasteiger partial charge on any atom is 0.257 e. The van der Waals surface area contributed by atoms with E-state index in [0.29, 0.717) is 12.1 Å². The molecule has 136 valence electrons. The first-order valence-corrected chi connectivity index (χ1v) is 8.96. The van der Waals surface area contributed by atoms with Crippen LogP contribution in [0.4, 0.5) is 0 Å². The first-order chi connectivity index (χ1) is 12.6. The predicted molar refractivity (Wildman–Crippen MR) is 97.0 cm³/mol. The molecule has 1 aliphatic heterocycles. The fraction of sp³-hybridized carbons (Fsp3) is 0.421. The third-order valence-corrected chi connectivity index (χ3v) is 4.89. The zero-order valence-corrected chi connectivity index (χ0v) is 15.2. The number of amides is 1. The van der Waals surface area contributed by atoms with E-state index in [9.17, 15) is 4.79 Å². The summed E-state index contributed by atoms with van der Waals surface area (Å²) < 4.78 is 6.93. The molecule has 1 fully saturated rings. The van der Waals surface area contributed by atoms with E-state index in [-0.39, 0.29) is 5.91 Å². The van der Waals surface area contributed by atoms with Crippen LogP contribution in [0.5, 0.6) is 0 Å². The van der Waals surface area contributed by atoms with Crippen molar-refractivity contribution in [3.05, 3.63) is 53.4 Å². The first kappa shape index (κ1) is 16.8. The van der Waals surface area contributed by atoms with Gasteiger partial charge < -0.3 is 9.32 Å². The van der Waals surface area contributed by atoms with Gasteiger partial charge in [0.05, 0.1) is 18.0 Å². The number of aryl methyl sites for hydroxylation is 2. The van der Waals surface area contributed by atoms with Crippen molar-refractivity contribution in [3.8, 4) is 0 Å². The highest BCUT2D eigenvalue weighted by atomic mass is 16.3. The summed E-state index contributed by atoms with van der Waals surface area (Å²) >= 11 is 0. The number of carbonyl (C=O) groups is 1. The molecule has 3 aromatic rings. The lowest BCUT2D eigenvalue weighted by Gasteiger charge is -2.21. The van der Waals surface area contributed by atoms with Gasteiger partial charge in [-0.05, 0) is 32.4 Å². The third-order valence-electron chi connectivity index (χ3n) is 4.89. The fourth-order valence-electron chi connectivity index (χ4n) is 3.57. The maximum absolute atomic E-state index is 12.5. The Morgan fingerprint density at radius 2 is 2.12 bits per heavy atom. The Balaban J connectivity index is 1.46. The predicted octanol–water partition coefficient (Wildman–Crippen LogP) is 2.29. The van der Waals surface area contributed by atoms with Crippen LogP contribution in [-0.2, 0) is 6.54 Å². The average molecular weight is 353 g/mol. The molecule has 0 aromatic carbocycles. The number of hydrogen-bond acceptors (Lipinski definition) is 5. The van der Waals surface area contributed by atoms with Gasteiger partial charge in [-0.3, -0.25) is 9.69 Å². The topological polar surface area (TPSA) is 66.9 Å². The van der Waals surface area contributed by atoms with E-state index in [0.717, 1.165) is 55.2 Å². The quantitative estimate of drug-likeness (QED) is 0.723. The summed E-state index contributed by atoms with van der Waals surface area (Å²) in [7, 11) is 0. The molecule has 1 aliphatic rings. The Morgan fingerprint density at radius 1 is 1.23 bits per heavy atom. The molecule has 0 atom stereocenters. The molecule has 0 aliphatic carbocycles. The van der Waals surface area contributed by atoms with E-state index in [1.807, 2.05) is 35.5 Å². The summed E-state index contributed by atoms with van der Waals surface area (Å²) in [5.74, 6) is 0.0458. The molecule has 0 spiro atoms. The number of furan rings is 1. The average Bonchev–Trinajstić information content (AvgIpc) is 3.22. The summed E-state index contributed by atoms with van der Waals surface area (Å²) in [5, 5.41) is 4.48. The van der Waals surface area contributed by atoms with Crippen LogP contribution in [0.3, 0.4) is 0 Å². The van der Waals surface area contributed by atoms with Crippen LogP contribution in [0.1, 0.15) is 33.7 Å². The Hall–Kier alpha value is -2.67. The fourth-order valence-corrected chi connectivity index (χ4v) is 3.57. The van der Waals surface area contributed by atoms with Crippen molar-refractivity contribution in [2.45, 2.75) is 26.8 Å². The van der Waals surface area contributed by atoms with Crippen LogP contribution in [-0.4, -0.2) is 56.5 Å². The van der Waals surface area contributed by atoms with Crippen molar-refractivity contribution in [1.82, 2.24) is 24.4 Å². The van der Waals surface area contributed by atoms with Crippen LogP contribution < -0.4 is 0 Å². The van der Waals surface area contributed by atoms with Gasteiger partial charge in [-0.25, -0.2) is 9.50 Å². The molecule has 7 nitrogen and oxygen atoms in total. The minimum Gasteiger partial charge on any atom is -0.472 e. The zero-order valence-electron chi connectivity index (χ0n) is 15.2. The number of rotatable bonds is 3. The van der Waals surface area contributed by atoms with Crippen LogP contribution in [0, 0.1) is 13.8 Å². The lowest BCUT2D eigenvalue weighted by Crippen LogP contribution is -2.34. The lowest BCUT2D eigenvalue weighted by atomic mass is 10.2. The molecule has 1 amide bonds. The Labute approximate surface area is 152 Å². The summed E-state index contributed by atoms with van der Waals surface area (Å²) in [4.78, 5) is 21.5. The minimum atomic E-state index is 0.0458. The zero-order chi connectivity index (χ0) is 18.1. The lowest BCUT2D eigenvalue weighted by molar-refractivity contribution is 0.0760. The number of nitrogens with zero attached hydrogens (tertiary/aromatic N) is 5. The van der Waals surface area contributed by atoms with Crippen LogP contribution in [0.15, 0.2) is 35.3 Å². The van der Waals surface area contributed by atoms with Crippen molar-refractivity contribution in [3.63, 3.8) is 0 Å². The highest BCUT2D eigenvalue weighted by molar-refractivity contribution is 5.93. The molecule has 4 heterocycles. The minimum absolute atomic E-state index is 0.0458. The second kappa shape index (κ2) is 6.92. The molecule has 0 radical (unpaired) electrons. The van der Waals surface area contributed by atoms with E-state index in [4.69, 9.17) is 4.42 Å². The molecule has 3 aromatic heterocycles. The first-order valence-electron chi connectivity index (χ1n) is 8.96. The van der Waals surface area contributed by atoms with Gasteiger partial charge in [0.25, 0.3) is 5.91 Å². The normalized spacial score (nSPS) is 16.2. The molecule has 0 saturated carbocycles. The molecule has 7 heteroatoms. The summed E-state index contributed by atoms with van der Waals surface area (Å²) in [6, 6.07) is 3.76. The van der Waals surface area contributed by atoms with Gasteiger partial charge in [-0.2, -0.15) is 5.10 Å². The van der Waals surface area contributed by atoms with Gasteiger partial charge in [0.15, 0.2) is 5.65 Å². The van der Waals surface area contributed by atoms with Crippen LogP contribution >= 0.6 is 0 Å². The van der Waals surface area contributed by atoms with Gasteiger partial charge >= 0.3 is 0 Å². The number of aromatic nitrogens is 3. The van der Waals surface area contributed by atoms with Gasteiger partial charge in [-0.15, -0.1) is 0 Å². The van der Waals surface area contributed by atoms with E-state index in [1.165, 1.54) is 6.26 Å². The largest absolute Gasteiger partial charge is 0.472 e. The molecule has 26 heavy (non-hydrogen) atoms. The van der Waals surface area contributed by atoms with Gasteiger partial charge in [0.2, 0.25) is 0 Å². The Kier molecular flexibility index (Phi) is 4.46. The highest BCUT2D eigenvalue weighted by Crippen LogP contribution is 2.16. The van der Waals surface area contributed by atoms with Crippen molar-refractivity contribution < 1.29 is 9.21 Å². The Morgan fingerprint density at radius 3 is 2.92 bits per heavy atom. The maximum atomic E-state index is 12.5. The molecule has 0 unspecified atom stereocenters. The number of hydrogen-bond donors (Lipinski definition) is 0. The van der Waals surface area contributed by atoms with Crippen LogP contribution in [0.25, 0.3) is 5.65 Å². The molecule has 4 rings (SSSR count). The summed E-state index contributed by atoms with van der Waals surface area (Å²) in [6.45, 7) is 8.13. The van der Waals surface area contributed by atoms with E-state index >= 15 is 0 Å². The van der Waals surface area contributed by atoms with Crippen molar-refractivity contribution in [2.24, 2.45) is 0 Å². The third kappa shape index (κ3) is 3.22. The molecule has 1 saturated heterocycles. The molecule has 0 N–H and O–H groups in total. The second-order valence-corrected chi connectivity index (χ2v) is 6.88. The van der Waals surface area contributed by atoms with E-state index in [1.54, 1.807) is 12.3 Å². The van der Waals surface area contributed by atoms with E-state index in [2.05, 4.69) is 15.0 Å². The smallest absolute Gasteiger partial charge is 0.257 e. The molecular formula is C19H23N5O2. The summed E-state index contributed by atoms with van der Waals surface area (Å²) in [5.41, 5.74) is 4.77. The SMILES string of the molecule is Cc1cc(C)n2ncc(CN3CCCN(C(=O)c4ccoc4)CC3)c2n1. The number of fused-ring (bicyclic) bond motifs is 1. The van der Waals surface area contributed by atoms with Gasteiger partial charge in [0.1, 0.15) is 6.26 Å². The van der Waals surface area contributed by atoms with Crippen LogP contribution in [0.2, 0.25) is 0 Å². The van der Waals surface area contributed by atoms with Crippen molar-refractivity contribution in [1.29, 1.82) is 0 Å². The second-order valence-electron chi connectivity index (χ2n) is 6.88. The van der Waals surface area contributed by atoms with E-state index < -0.39 is 0 Å².